The number of hydrogen-bond donors (Lipinski definition) is 1. The van der Waals surface area contributed by atoms with Crippen LogP contribution in [0.4, 0.5) is 28.9 Å². The first-order valence-corrected chi connectivity index (χ1v) is 12.9. The van der Waals surface area contributed by atoms with E-state index < -0.39 is 34.3 Å². The van der Waals surface area contributed by atoms with Gasteiger partial charge in [0.2, 0.25) is 0 Å². The highest BCUT2D eigenvalue weighted by Crippen LogP contribution is 2.29. The Bertz CT molecular complexity index is 1400. The summed E-state index contributed by atoms with van der Waals surface area (Å²) in [5, 5.41) is 0.214. The average molecular weight is 557 g/mol. The van der Waals surface area contributed by atoms with Gasteiger partial charge < -0.3 is 4.90 Å². The molecule has 1 aliphatic heterocycles. The molecule has 37 heavy (non-hydrogen) atoms. The van der Waals surface area contributed by atoms with Gasteiger partial charge in [-0.05, 0) is 48.5 Å². The Morgan fingerprint density at radius 3 is 2.30 bits per heavy atom. The number of nitrogens with zero attached hydrogens (tertiary/aromatic N) is 3. The third-order valence-corrected chi connectivity index (χ3v) is 7.36. The number of piperazine rings is 1. The van der Waals surface area contributed by atoms with Gasteiger partial charge in [0.05, 0.1) is 22.8 Å². The first kappa shape index (κ1) is 26.8. The smallest absolute Gasteiger partial charge is 0.367 e. The SMILES string of the molecule is O=C(c1ccncc1)c1cc(Cl)ccc1NS(=O)(=O)c1ccc(N2CCN(CC(F)(F)F)CC2)c(F)c1. The number of carbonyl (C=O) groups excluding carboxylic acids is 1. The average Bonchev–Trinajstić information content (AvgIpc) is 2.85. The molecule has 2 heterocycles. The quantitative estimate of drug-likeness (QED) is 0.339. The van der Waals surface area contributed by atoms with Crippen molar-refractivity contribution < 1.29 is 30.8 Å². The summed E-state index contributed by atoms with van der Waals surface area (Å²) in [5.74, 6) is -1.33. The van der Waals surface area contributed by atoms with Gasteiger partial charge in [-0.1, -0.05) is 11.6 Å². The van der Waals surface area contributed by atoms with Crippen molar-refractivity contribution in [3.05, 3.63) is 82.9 Å². The molecule has 13 heteroatoms. The van der Waals surface area contributed by atoms with E-state index in [2.05, 4.69) is 9.71 Å². The number of sulfonamides is 1. The molecule has 4 rings (SSSR count). The number of carbonyl (C=O) groups is 1. The zero-order chi connectivity index (χ0) is 26.8. The molecule has 0 spiro atoms. The summed E-state index contributed by atoms with van der Waals surface area (Å²) in [5.41, 5.74) is 0.307. The maximum atomic E-state index is 14.9. The van der Waals surface area contributed by atoms with Crippen LogP contribution in [0.3, 0.4) is 0 Å². The lowest BCUT2D eigenvalue weighted by Crippen LogP contribution is -2.49. The van der Waals surface area contributed by atoms with Gasteiger partial charge in [0, 0.05) is 54.7 Å². The van der Waals surface area contributed by atoms with Gasteiger partial charge in [0.15, 0.2) is 5.78 Å². The number of halogens is 5. The van der Waals surface area contributed by atoms with E-state index in [1.165, 1.54) is 59.8 Å². The van der Waals surface area contributed by atoms with Crippen LogP contribution >= 0.6 is 11.6 Å². The van der Waals surface area contributed by atoms with E-state index in [1.54, 1.807) is 4.90 Å². The van der Waals surface area contributed by atoms with Gasteiger partial charge in [0.1, 0.15) is 5.82 Å². The van der Waals surface area contributed by atoms with E-state index in [0.717, 1.165) is 6.07 Å². The maximum absolute atomic E-state index is 14.9. The van der Waals surface area contributed by atoms with E-state index in [4.69, 9.17) is 11.6 Å². The van der Waals surface area contributed by atoms with E-state index in [9.17, 15) is 30.8 Å². The number of alkyl halides is 3. The molecule has 1 aliphatic rings. The van der Waals surface area contributed by atoms with Gasteiger partial charge >= 0.3 is 6.18 Å². The zero-order valence-electron chi connectivity index (χ0n) is 19.2. The highest BCUT2D eigenvalue weighted by molar-refractivity contribution is 7.92. The number of ketones is 1. The first-order chi connectivity index (χ1) is 17.4. The fraction of sp³-hybridized carbons (Fsp3) is 0.250. The van der Waals surface area contributed by atoms with Gasteiger partial charge in [-0.25, -0.2) is 12.8 Å². The van der Waals surface area contributed by atoms with Crippen molar-refractivity contribution in [2.24, 2.45) is 0 Å². The number of benzene rings is 2. The molecule has 196 valence electrons. The van der Waals surface area contributed by atoms with Crippen molar-refractivity contribution >= 4 is 38.8 Å². The van der Waals surface area contributed by atoms with Crippen molar-refractivity contribution in [2.45, 2.75) is 11.1 Å². The van der Waals surface area contributed by atoms with Crippen molar-refractivity contribution in [2.75, 3.05) is 42.3 Å². The summed E-state index contributed by atoms with van der Waals surface area (Å²) in [6.07, 6.45) is -1.48. The lowest BCUT2D eigenvalue weighted by molar-refractivity contribution is -0.146. The summed E-state index contributed by atoms with van der Waals surface area (Å²) in [7, 11) is -4.31. The van der Waals surface area contributed by atoms with Gasteiger partial charge in [0.25, 0.3) is 10.0 Å². The van der Waals surface area contributed by atoms with Crippen LogP contribution in [0.25, 0.3) is 0 Å². The summed E-state index contributed by atoms with van der Waals surface area (Å²) < 4.78 is 81.2. The molecule has 1 N–H and O–H groups in total. The van der Waals surface area contributed by atoms with Crippen LogP contribution in [0, 0.1) is 5.82 Å². The number of pyridine rings is 1. The number of aromatic nitrogens is 1. The largest absolute Gasteiger partial charge is 0.401 e. The summed E-state index contributed by atoms with van der Waals surface area (Å²) in [6.45, 7) is -0.551. The third kappa shape index (κ3) is 6.56. The van der Waals surface area contributed by atoms with E-state index in [1.807, 2.05) is 0 Å². The molecular weight excluding hydrogens is 536 g/mol. The molecule has 0 radical (unpaired) electrons. The van der Waals surface area contributed by atoms with Crippen LogP contribution in [0.1, 0.15) is 15.9 Å². The summed E-state index contributed by atoms with van der Waals surface area (Å²) in [6, 6.07) is 10.3. The van der Waals surface area contributed by atoms with Crippen molar-refractivity contribution in [1.29, 1.82) is 0 Å². The normalized spacial score (nSPS) is 15.0. The second-order valence-electron chi connectivity index (χ2n) is 8.35. The molecule has 0 unspecified atom stereocenters. The second-order valence-corrected chi connectivity index (χ2v) is 10.5. The number of hydrogen-bond acceptors (Lipinski definition) is 6. The van der Waals surface area contributed by atoms with Gasteiger partial charge in [-0.15, -0.1) is 0 Å². The molecule has 0 aliphatic carbocycles. The van der Waals surface area contributed by atoms with Crippen LogP contribution in [-0.4, -0.2) is 63.0 Å². The van der Waals surface area contributed by atoms with E-state index in [-0.39, 0.29) is 58.6 Å². The van der Waals surface area contributed by atoms with Crippen molar-refractivity contribution in [1.82, 2.24) is 9.88 Å². The molecule has 7 nitrogen and oxygen atoms in total. The Kier molecular flexibility index (Phi) is 7.72. The Morgan fingerprint density at radius 1 is 1.00 bits per heavy atom. The molecule has 0 amide bonds. The molecule has 3 aromatic rings. The third-order valence-electron chi connectivity index (χ3n) is 5.76. The highest BCUT2D eigenvalue weighted by atomic mass is 35.5. The standard InChI is InChI=1S/C24H21ClF4N4O3S/c25-17-1-3-21(19(13-17)23(34)16-5-7-30-8-6-16)31-37(35,36)18-2-4-22(20(26)14-18)33-11-9-32(10-12-33)15-24(27,28)29/h1-8,13-14,31H,9-12,15H2. The second kappa shape index (κ2) is 10.6. The summed E-state index contributed by atoms with van der Waals surface area (Å²) >= 11 is 6.03. The number of rotatable bonds is 7. The molecule has 1 aromatic heterocycles. The lowest BCUT2D eigenvalue weighted by Gasteiger charge is -2.36. The lowest BCUT2D eigenvalue weighted by atomic mass is 10.0. The van der Waals surface area contributed by atoms with E-state index >= 15 is 0 Å². The molecule has 1 saturated heterocycles. The molecule has 1 fully saturated rings. The maximum Gasteiger partial charge on any atom is 0.401 e. The zero-order valence-corrected chi connectivity index (χ0v) is 20.7. The Hall–Kier alpha value is -3.22. The fourth-order valence-electron chi connectivity index (χ4n) is 3.97. The number of nitrogens with one attached hydrogen (secondary N) is 1. The Balaban J connectivity index is 1.53. The predicted octanol–water partition coefficient (Wildman–Crippen LogP) is 4.59. The molecule has 2 aromatic carbocycles. The topological polar surface area (TPSA) is 82.6 Å². The minimum absolute atomic E-state index is 0.00362. The Labute approximate surface area is 215 Å². The van der Waals surface area contributed by atoms with Crippen molar-refractivity contribution in [3.8, 4) is 0 Å². The molecule has 0 saturated carbocycles. The minimum atomic E-state index is -4.32. The van der Waals surface area contributed by atoms with Crippen LogP contribution in [0.5, 0.6) is 0 Å². The van der Waals surface area contributed by atoms with Crippen LogP contribution in [0.2, 0.25) is 5.02 Å². The predicted molar refractivity (Wildman–Crippen MR) is 131 cm³/mol. The Morgan fingerprint density at radius 2 is 1.68 bits per heavy atom. The van der Waals surface area contributed by atoms with Crippen LogP contribution in [0.15, 0.2) is 65.8 Å². The molecular formula is C24H21ClF4N4O3S. The molecule has 0 atom stereocenters. The monoisotopic (exact) mass is 556 g/mol. The highest BCUT2D eigenvalue weighted by Gasteiger charge is 2.32. The first-order valence-electron chi connectivity index (χ1n) is 11.0. The van der Waals surface area contributed by atoms with Crippen LogP contribution < -0.4 is 9.62 Å². The molecule has 0 bridgehead atoms. The van der Waals surface area contributed by atoms with E-state index in [0.29, 0.717) is 0 Å². The van der Waals surface area contributed by atoms with Gasteiger partial charge in [-0.3, -0.25) is 19.4 Å². The van der Waals surface area contributed by atoms with Crippen LogP contribution in [-0.2, 0) is 10.0 Å². The number of anilines is 2. The van der Waals surface area contributed by atoms with Crippen molar-refractivity contribution in [3.63, 3.8) is 0 Å². The fourth-order valence-corrected chi connectivity index (χ4v) is 5.23. The summed E-state index contributed by atoms with van der Waals surface area (Å²) in [4.78, 5) is 19.2. The minimum Gasteiger partial charge on any atom is -0.367 e. The van der Waals surface area contributed by atoms with Gasteiger partial charge in [-0.2, -0.15) is 13.2 Å².